The number of aromatic nitrogens is 2. The summed E-state index contributed by atoms with van der Waals surface area (Å²) >= 11 is 1.49. The lowest BCUT2D eigenvalue weighted by Crippen LogP contribution is -2.49. The van der Waals surface area contributed by atoms with Gasteiger partial charge in [0.2, 0.25) is 0 Å². The molecule has 0 aromatic carbocycles. The number of thiazole rings is 1. The van der Waals surface area contributed by atoms with Crippen LogP contribution in [0.5, 0.6) is 0 Å². The van der Waals surface area contributed by atoms with E-state index in [0.29, 0.717) is 24.5 Å². The summed E-state index contributed by atoms with van der Waals surface area (Å²) in [5.74, 6) is 1.65. The summed E-state index contributed by atoms with van der Waals surface area (Å²) in [6.45, 7) is 4.82. The average Bonchev–Trinajstić information content (AvgIpc) is 3.32. The normalized spacial score (nSPS) is 14.8. The van der Waals surface area contributed by atoms with Crippen LogP contribution in [0.15, 0.2) is 47.2 Å². The van der Waals surface area contributed by atoms with Crippen molar-refractivity contribution in [2.45, 2.75) is 6.92 Å². The van der Waals surface area contributed by atoms with Gasteiger partial charge in [0.1, 0.15) is 11.5 Å². The lowest BCUT2D eigenvalue weighted by molar-refractivity contribution is 0.0741. The van der Waals surface area contributed by atoms with E-state index in [1.54, 1.807) is 12.5 Å². The number of amides is 1. The largest absolute Gasteiger partial charge is 0.462 e. The van der Waals surface area contributed by atoms with Gasteiger partial charge in [0.15, 0.2) is 10.8 Å². The highest BCUT2D eigenvalue weighted by Crippen LogP contribution is 2.28. The van der Waals surface area contributed by atoms with Gasteiger partial charge in [-0.3, -0.25) is 4.79 Å². The Morgan fingerprint density at radius 2 is 2.00 bits per heavy atom. The fourth-order valence-electron chi connectivity index (χ4n) is 2.93. The van der Waals surface area contributed by atoms with Crippen molar-refractivity contribution < 1.29 is 9.21 Å². The molecule has 0 radical (unpaired) electrons. The van der Waals surface area contributed by atoms with Gasteiger partial charge in [0.25, 0.3) is 5.91 Å². The molecule has 1 saturated heterocycles. The van der Waals surface area contributed by atoms with Crippen molar-refractivity contribution in [3.8, 4) is 10.8 Å². The third kappa shape index (κ3) is 3.15. The van der Waals surface area contributed by atoms with E-state index in [0.717, 1.165) is 28.8 Å². The van der Waals surface area contributed by atoms with E-state index in [9.17, 15) is 4.79 Å². The second-order valence-electron chi connectivity index (χ2n) is 5.87. The Hall–Kier alpha value is -2.67. The monoisotopic (exact) mass is 354 g/mol. The number of pyridine rings is 1. The van der Waals surface area contributed by atoms with E-state index >= 15 is 0 Å². The number of rotatable bonds is 3. The lowest BCUT2D eigenvalue weighted by atomic mass is 10.2. The van der Waals surface area contributed by atoms with Crippen molar-refractivity contribution >= 4 is 23.1 Å². The van der Waals surface area contributed by atoms with Crippen LogP contribution in [0.3, 0.4) is 0 Å². The van der Waals surface area contributed by atoms with Gasteiger partial charge in [-0.1, -0.05) is 6.07 Å². The van der Waals surface area contributed by atoms with Gasteiger partial charge >= 0.3 is 0 Å². The van der Waals surface area contributed by atoms with Crippen LogP contribution in [0.4, 0.5) is 5.82 Å². The van der Waals surface area contributed by atoms with Crippen LogP contribution in [-0.4, -0.2) is 47.0 Å². The van der Waals surface area contributed by atoms with E-state index in [2.05, 4.69) is 14.9 Å². The number of hydrogen-bond acceptors (Lipinski definition) is 6. The maximum absolute atomic E-state index is 12.9. The van der Waals surface area contributed by atoms with Gasteiger partial charge < -0.3 is 14.2 Å². The number of carbonyl (C=O) groups excluding carboxylic acids is 1. The Bertz CT molecular complexity index is 853. The summed E-state index contributed by atoms with van der Waals surface area (Å²) in [5, 5.41) is 0.748. The number of anilines is 1. The first-order valence-corrected chi connectivity index (χ1v) is 9.00. The van der Waals surface area contributed by atoms with Crippen LogP contribution >= 0.6 is 11.3 Å². The zero-order valence-electron chi connectivity index (χ0n) is 13.9. The molecule has 25 heavy (non-hydrogen) atoms. The molecule has 0 bridgehead atoms. The second-order valence-corrected chi connectivity index (χ2v) is 7.07. The quantitative estimate of drug-likeness (QED) is 0.723. The zero-order valence-corrected chi connectivity index (χ0v) is 14.7. The third-order valence-electron chi connectivity index (χ3n) is 4.27. The Balaban J connectivity index is 1.46. The molecule has 0 unspecified atom stereocenters. The molecule has 0 aliphatic carbocycles. The Labute approximate surface area is 149 Å². The fraction of sp³-hybridized carbons (Fsp3) is 0.278. The first kappa shape index (κ1) is 15.8. The van der Waals surface area contributed by atoms with Gasteiger partial charge in [0.05, 0.1) is 6.26 Å². The van der Waals surface area contributed by atoms with Gasteiger partial charge in [-0.2, -0.15) is 0 Å². The van der Waals surface area contributed by atoms with E-state index in [4.69, 9.17) is 4.42 Å². The first-order chi connectivity index (χ1) is 12.2. The molecule has 6 nitrogen and oxygen atoms in total. The van der Waals surface area contributed by atoms with E-state index in [-0.39, 0.29) is 5.91 Å². The minimum atomic E-state index is -0.00720. The SMILES string of the molecule is Cc1sc(-c2ccco2)nc1C(=O)N1CCN(c2ccccn2)CC1. The summed E-state index contributed by atoms with van der Waals surface area (Å²) in [7, 11) is 0. The fourth-order valence-corrected chi connectivity index (χ4v) is 3.80. The minimum absolute atomic E-state index is 0.00720. The third-order valence-corrected chi connectivity index (χ3v) is 5.26. The standard InChI is InChI=1S/C18H18N4O2S/c1-13-16(20-17(25-13)14-5-4-12-24-14)18(23)22-10-8-21(9-11-22)15-6-2-3-7-19-15/h2-7,12H,8-11H2,1H3. The number of furan rings is 1. The number of nitrogens with zero attached hydrogens (tertiary/aromatic N) is 4. The van der Waals surface area contributed by atoms with Crippen molar-refractivity contribution in [2.24, 2.45) is 0 Å². The van der Waals surface area contributed by atoms with Crippen molar-refractivity contribution in [3.63, 3.8) is 0 Å². The van der Waals surface area contributed by atoms with Crippen LogP contribution in [0.25, 0.3) is 10.8 Å². The Morgan fingerprint density at radius 3 is 2.68 bits per heavy atom. The minimum Gasteiger partial charge on any atom is -0.462 e. The number of aryl methyl sites for hydroxylation is 1. The molecule has 1 aliphatic heterocycles. The highest BCUT2D eigenvalue weighted by Gasteiger charge is 2.26. The van der Waals surface area contributed by atoms with Crippen LogP contribution in [0, 0.1) is 6.92 Å². The highest BCUT2D eigenvalue weighted by molar-refractivity contribution is 7.15. The van der Waals surface area contributed by atoms with Gasteiger partial charge in [-0.05, 0) is 31.2 Å². The molecule has 0 spiro atoms. The van der Waals surface area contributed by atoms with Crippen LogP contribution in [-0.2, 0) is 0 Å². The van der Waals surface area contributed by atoms with Gasteiger partial charge in [-0.25, -0.2) is 9.97 Å². The van der Waals surface area contributed by atoms with Crippen molar-refractivity contribution in [3.05, 3.63) is 53.4 Å². The zero-order chi connectivity index (χ0) is 17.2. The molecule has 3 aromatic rings. The summed E-state index contributed by atoms with van der Waals surface area (Å²) in [6, 6.07) is 9.57. The Kier molecular flexibility index (Phi) is 4.23. The molecular weight excluding hydrogens is 336 g/mol. The summed E-state index contributed by atoms with van der Waals surface area (Å²) in [6.07, 6.45) is 3.41. The predicted octanol–water partition coefficient (Wildman–Crippen LogP) is 3.07. The molecule has 0 N–H and O–H groups in total. The van der Waals surface area contributed by atoms with Gasteiger partial charge in [-0.15, -0.1) is 11.3 Å². The molecule has 1 amide bonds. The topological polar surface area (TPSA) is 62.5 Å². The molecule has 128 valence electrons. The van der Waals surface area contributed by atoms with Crippen LogP contribution in [0.2, 0.25) is 0 Å². The number of piperazine rings is 1. The van der Waals surface area contributed by atoms with Gasteiger partial charge in [0, 0.05) is 37.3 Å². The number of carbonyl (C=O) groups is 1. The molecule has 3 aromatic heterocycles. The first-order valence-electron chi connectivity index (χ1n) is 8.19. The molecule has 7 heteroatoms. The van der Waals surface area contributed by atoms with E-state index in [1.807, 2.05) is 42.2 Å². The second kappa shape index (κ2) is 6.68. The maximum atomic E-state index is 12.9. The van der Waals surface area contributed by atoms with E-state index in [1.165, 1.54) is 11.3 Å². The predicted molar refractivity (Wildman–Crippen MR) is 96.9 cm³/mol. The average molecular weight is 354 g/mol. The molecule has 0 saturated carbocycles. The molecule has 4 heterocycles. The molecule has 1 aliphatic rings. The smallest absolute Gasteiger partial charge is 0.273 e. The summed E-state index contributed by atoms with van der Waals surface area (Å²) < 4.78 is 5.39. The summed E-state index contributed by atoms with van der Waals surface area (Å²) in [5.41, 5.74) is 0.530. The van der Waals surface area contributed by atoms with Crippen molar-refractivity contribution in [2.75, 3.05) is 31.1 Å². The Morgan fingerprint density at radius 1 is 1.16 bits per heavy atom. The van der Waals surface area contributed by atoms with Crippen LogP contribution < -0.4 is 4.90 Å². The van der Waals surface area contributed by atoms with Crippen LogP contribution in [0.1, 0.15) is 15.4 Å². The highest BCUT2D eigenvalue weighted by atomic mass is 32.1. The molecule has 0 atom stereocenters. The summed E-state index contributed by atoms with van der Waals surface area (Å²) in [4.78, 5) is 26.7. The number of hydrogen-bond donors (Lipinski definition) is 0. The molecule has 4 rings (SSSR count). The van der Waals surface area contributed by atoms with E-state index < -0.39 is 0 Å². The molecule has 1 fully saturated rings. The maximum Gasteiger partial charge on any atom is 0.273 e. The molecular formula is C18H18N4O2S. The van der Waals surface area contributed by atoms with Crippen molar-refractivity contribution in [1.29, 1.82) is 0 Å². The lowest BCUT2D eigenvalue weighted by Gasteiger charge is -2.35. The van der Waals surface area contributed by atoms with Crippen molar-refractivity contribution in [1.82, 2.24) is 14.9 Å².